The number of aliphatic hydroxyl groups is 1. The van der Waals surface area contributed by atoms with Gasteiger partial charge < -0.3 is 5.11 Å². The lowest BCUT2D eigenvalue weighted by molar-refractivity contribution is 0.143. The molecule has 1 aliphatic carbocycles. The van der Waals surface area contributed by atoms with Gasteiger partial charge in [-0.05, 0) is 42.9 Å². The van der Waals surface area contributed by atoms with Crippen LogP contribution in [0, 0.1) is 5.92 Å². The molecule has 1 unspecified atom stereocenters. The molecule has 0 amide bonds. The van der Waals surface area contributed by atoms with Crippen molar-refractivity contribution < 1.29 is 13.5 Å². The molecule has 1 aromatic carbocycles. The maximum absolute atomic E-state index is 11.8. The lowest BCUT2D eigenvalue weighted by Gasteiger charge is -2.10. The lowest BCUT2D eigenvalue weighted by atomic mass is 10.2. The zero-order valence-corrected chi connectivity index (χ0v) is 12.1. The van der Waals surface area contributed by atoms with Crippen LogP contribution in [-0.2, 0) is 15.8 Å². The molecule has 1 atom stereocenters. The minimum atomic E-state index is -3.37. The Morgan fingerprint density at radius 2 is 2.16 bits per heavy atom. The van der Waals surface area contributed by atoms with Gasteiger partial charge in [0.05, 0.1) is 11.9 Å². The molecular weight excluding hydrogens is 286 g/mol. The monoisotopic (exact) mass is 303 g/mol. The van der Waals surface area contributed by atoms with Gasteiger partial charge in [-0.1, -0.05) is 23.7 Å². The molecule has 1 saturated carbocycles. The van der Waals surface area contributed by atoms with E-state index in [1.807, 2.05) is 0 Å². The van der Waals surface area contributed by atoms with Gasteiger partial charge in [-0.3, -0.25) is 0 Å². The highest BCUT2D eigenvalue weighted by molar-refractivity contribution is 7.88. The highest BCUT2D eigenvalue weighted by atomic mass is 35.5. The molecule has 0 heterocycles. The number of benzene rings is 1. The molecule has 6 heteroatoms. The smallest absolute Gasteiger partial charge is 0.215 e. The summed E-state index contributed by atoms with van der Waals surface area (Å²) < 4.78 is 26.2. The molecule has 2 rings (SSSR count). The van der Waals surface area contributed by atoms with Crippen molar-refractivity contribution in [2.75, 3.05) is 6.54 Å². The second kappa shape index (κ2) is 6.22. The van der Waals surface area contributed by atoms with Crippen LogP contribution in [0.15, 0.2) is 24.3 Å². The summed E-state index contributed by atoms with van der Waals surface area (Å²) in [6.07, 6.45) is 2.20. The van der Waals surface area contributed by atoms with Crippen molar-refractivity contribution in [3.05, 3.63) is 34.9 Å². The summed E-state index contributed by atoms with van der Waals surface area (Å²) in [5.74, 6) is 0.282. The van der Waals surface area contributed by atoms with Gasteiger partial charge >= 0.3 is 0 Å². The van der Waals surface area contributed by atoms with Gasteiger partial charge in [-0.2, -0.15) is 0 Å². The zero-order chi connectivity index (χ0) is 13.9. The highest BCUT2D eigenvalue weighted by Crippen LogP contribution is 2.33. The third kappa shape index (κ3) is 5.10. The Kier molecular flexibility index (Phi) is 4.84. The van der Waals surface area contributed by atoms with Gasteiger partial charge in [0.2, 0.25) is 10.0 Å². The first-order valence-corrected chi connectivity index (χ1v) is 8.39. The van der Waals surface area contributed by atoms with Crippen molar-refractivity contribution >= 4 is 21.6 Å². The number of rotatable bonds is 7. The zero-order valence-electron chi connectivity index (χ0n) is 10.5. The van der Waals surface area contributed by atoms with E-state index in [0.29, 0.717) is 22.9 Å². The largest absolute Gasteiger partial charge is 0.393 e. The molecule has 2 N–H and O–H groups in total. The third-order valence-electron chi connectivity index (χ3n) is 3.17. The van der Waals surface area contributed by atoms with E-state index in [4.69, 9.17) is 11.6 Å². The number of hydrogen-bond acceptors (Lipinski definition) is 3. The van der Waals surface area contributed by atoms with Gasteiger partial charge in [-0.15, -0.1) is 0 Å². The van der Waals surface area contributed by atoms with Crippen LogP contribution in [0.1, 0.15) is 24.8 Å². The predicted molar refractivity (Wildman–Crippen MR) is 75.4 cm³/mol. The minimum absolute atomic E-state index is 0.0902. The Bertz CT molecular complexity index is 528. The Morgan fingerprint density at radius 3 is 2.79 bits per heavy atom. The van der Waals surface area contributed by atoms with Gasteiger partial charge in [0.15, 0.2) is 0 Å². The van der Waals surface area contributed by atoms with E-state index in [0.717, 1.165) is 12.8 Å². The van der Waals surface area contributed by atoms with Crippen molar-refractivity contribution in [2.24, 2.45) is 5.92 Å². The summed E-state index contributed by atoms with van der Waals surface area (Å²) in [7, 11) is -3.37. The van der Waals surface area contributed by atoms with E-state index in [2.05, 4.69) is 4.72 Å². The maximum atomic E-state index is 11.8. The molecule has 1 fully saturated rings. The fraction of sp³-hybridized carbons (Fsp3) is 0.538. The summed E-state index contributed by atoms with van der Waals surface area (Å²) in [5, 5.41) is 10.2. The van der Waals surface area contributed by atoms with Crippen molar-refractivity contribution in [1.29, 1.82) is 0 Å². The molecule has 0 bridgehead atoms. The third-order valence-corrected chi connectivity index (χ3v) is 4.77. The standard InChI is InChI=1S/C13H18ClNO3S/c14-12-3-1-2-10(8-12)9-19(17,18)15-7-6-13(16)11-4-5-11/h1-3,8,11,13,15-16H,4-7,9H2. The second-order valence-electron chi connectivity index (χ2n) is 4.98. The van der Waals surface area contributed by atoms with Crippen LogP contribution in [0.2, 0.25) is 5.02 Å². The van der Waals surface area contributed by atoms with E-state index in [-0.39, 0.29) is 18.4 Å². The fourth-order valence-electron chi connectivity index (χ4n) is 1.98. The van der Waals surface area contributed by atoms with Gasteiger partial charge in [-0.25, -0.2) is 13.1 Å². The predicted octanol–water partition coefficient (Wildman–Crippen LogP) is 1.92. The number of sulfonamides is 1. The van der Waals surface area contributed by atoms with E-state index < -0.39 is 10.0 Å². The molecule has 106 valence electrons. The molecule has 0 saturated heterocycles. The molecule has 0 spiro atoms. The first kappa shape index (κ1) is 14.8. The first-order valence-electron chi connectivity index (χ1n) is 6.36. The van der Waals surface area contributed by atoms with E-state index in [1.165, 1.54) is 0 Å². The number of halogens is 1. The van der Waals surface area contributed by atoms with E-state index >= 15 is 0 Å². The molecule has 19 heavy (non-hydrogen) atoms. The SMILES string of the molecule is O=S(=O)(Cc1cccc(Cl)c1)NCCC(O)C1CC1. The van der Waals surface area contributed by atoms with E-state index in [1.54, 1.807) is 24.3 Å². The van der Waals surface area contributed by atoms with Crippen molar-refractivity contribution in [2.45, 2.75) is 31.1 Å². The number of hydrogen-bond donors (Lipinski definition) is 2. The van der Waals surface area contributed by atoms with Crippen LogP contribution >= 0.6 is 11.6 Å². The summed E-state index contributed by atoms with van der Waals surface area (Å²) >= 11 is 5.81. The highest BCUT2D eigenvalue weighted by Gasteiger charge is 2.29. The Morgan fingerprint density at radius 1 is 1.42 bits per heavy atom. The van der Waals surface area contributed by atoms with Crippen molar-refractivity contribution in [1.82, 2.24) is 4.72 Å². The quantitative estimate of drug-likeness (QED) is 0.809. The molecule has 1 aliphatic rings. The lowest BCUT2D eigenvalue weighted by Crippen LogP contribution is -2.28. The number of aliphatic hydroxyl groups excluding tert-OH is 1. The molecule has 1 aromatic rings. The maximum Gasteiger partial charge on any atom is 0.215 e. The normalized spacial score (nSPS) is 17.4. The van der Waals surface area contributed by atoms with Crippen molar-refractivity contribution in [3.8, 4) is 0 Å². The van der Waals surface area contributed by atoms with Crippen LogP contribution in [0.25, 0.3) is 0 Å². The first-order chi connectivity index (χ1) is 8.96. The Labute approximate surface area is 118 Å². The second-order valence-corrected chi connectivity index (χ2v) is 7.22. The molecule has 4 nitrogen and oxygen atoms in total. The van der Waals surface area contributed by atoms with Crippen LogP contribution in [0.4, 0.5) is 0 Å². The van der Waals surface area contributed by atoms with E-state index in [9.17, 15) is 13.5 Å². The Hall–Kier alpha value is -0.620. The van der Waals surface area contributed by atoms with Crippen LogP contribution in [0.3, 0.4) is 0 Å². The van der Waals surface area contributed by atoms with Crippen LogP contribution in [-0.4, -0.2) is 26.2 Å². The molecular formula is C13H18ClNO3S. The van der Waals surface area contributed by atoms with Gasteiger partial charge in [0.1, 0.15) is 0 Å². The van der Waals surface area contributed by atoms with Crippen molar-refractivity contribution in [3.63, 3.8) is 0 Å². The van der Waals surface area contributed by atoms with Gasteiger partial charge in [0, 0.05) is 11.6 Å². The molecule has 0 aliphatic heterocycles. The van der Waals surface area contributed by atoms with Crippen LogP contribution in [0.5, 0.6) is 0 Å². The summed E-state index contributed by atoms with van der Waals surface area (Å²) in [5.41, 5.74) is 0.655. The molecule has 0 radical (unpaired) electrons. The Balaban J connectivity index is 1.81. The average molecular weight is 304 g/mol. The number of nitrogens with one attached hydrogen (secondary N) is 1. The molecule has 0 aromatic heterocycles. The summed E-state index contributed by atoms with van der Waals surface area (Å²) in [6.45, 7) is 0.278. The fourth-order valence-corrected chi connectivity index (χ4v) is 3.34. The topological polar surface area (TPSA) is 66.4 Å². The summed E-state index contributed by atoms with van der Waals surface area (Å²) in [4.78, 5) is 0. The van der Waals surface area contributed by atoms with Gasteiger partial charge in [0.25, 0.3) is 0 Å². The minimum Gasteiger partial charge on any atom is -0.393 e. The average Bonchev–Trinajstić information content (AvgIpc) is 3.11. The van der Waals surface area contributed by atoms with Crippen LogP contribution < -0.4 is 4.72 Å². The summed E-state index contributed by atoms with van der Waals surface area (Å²) in [6, 6.07) is 6.80.